The van der Waals surface area contributed by atoms with Gasteiger partial charge in [-0.2, -0.15) is 0 Å². The molecule has 1 aliphatic rings. The third-order valence-corrected chi connectivity index (χ3v) is 4.98. The molecule has 0 fully saturated rings. The normalized spacial score (nSPS) is 22.2. The van der Waals surface area contributed by atoms with Crippen molar-refractivity contribution in [3.63, 3.8) is 0 Å². The first-order valence-corrected chi connectivity index (χ1v) is 7.81. The van der Waals surface area contributed by atoms with Crippen LogP contribution in [0.5, 0.6) is 0 Å². The average molecular weight is 322 g/mol. The number of thiophene rings is 1. The molecule has 4 nitrogen and oxygen atoms in total. The lowest BCUT2D eigenvalue weighted by Crippen LogP contribution is -2.35. The molecule has 0 saturated heterocycles. The number of halogens is 1. The summed E-state index contributed by atoms with van der Waals surface area (Å²) in [5, 5.41) is 5.50. The molecule has 16 heavy (non-hydrogen) atoms. The highest BCUT2D eigenvalue weighted by atomic mass is 79.9. The smallest absolute Gasteiger partial charge is 0.252 e. The van der Waals surface area contributed by atoms with Crippen LogP contribution in [0, 0.1) is 0 Å². The molecule has 1 amide bonds. The maximum atomic E-state index is 11.7. The Morgan fingerprint density at radius 2 is 2.31 bits per heavy atom. The van der Waals surface area contributed by atoms with Gasteiger partial charge in [0.15, 0.2) is 9.84 Å². The summed E-state index contributed by atoms with van der Waals surface area (Å²) in [4.78, 5) is 11.7. The Labute approximate surface area is 105 Å². The summed E-state index contributed by atoms with van der Waals surface area (Å²) in [5.41, 5.74) is 0.537. The second kappa shape index (κ2) is 4.31. The van der Waals surface area contributed by atoms with Crippen molar-refractivity contribution in [3.8, 4) is 0 Å². The highest BCUT2D eigenvalue weighted by Gasteiger charge is 2.23. The SMILES string of the molecule is O=C(NC1C=CS(=O)(=O)C1)c1csc(Br)c1. The number of hydrogen-bond donors (Lipinski definition) is 1. The van der Waals surface area contributed by atoms with Crippen molar-refractivity contribution < 1.29 is 13.2 Å². The predicted molar refractivity (Wildman–Crippen MR) is 66.2 cm³/mol. The highest BCUT2D eigenvalue weighted by molar-refractivity contribution is 9.11. The van der Waals surface area contributed by atoms with Crippen molar-refractivity contribution in [1.29, 1.82) is 0 Å². The Morgan fingerprint density at radius 1 is 1.56 bits per heavy atom. The zero-order valence-corrected chi connectivity index (χ0v) is 11.2. The number of amides is 1. The van der Waals surface area contributed by atoms with Crippen LogP contribution in [-0.4, -0.2) is 26.1 Å². The van der Waals surface area contributed by atoms with Gasteiger partial charge >= 0.3 is 0 Å². The minimum Gasteiger partial charge on any atom is -0.345 e. The van der Waals surface area contributed by atoms with Gasteiger partial charge in [-0.3, -0.25) is 4.79 Å². The van der Waals surface area contributed by atoms with Gasteiger partial charge in [-0.25, -0.2) is 8.42 Å². The summed E-state index contributed by atoms with van der Waals surface area (Å²) in [7, 11) is -3.12. The van der Waals surface area contributed by atoms with Gasteiger partial charge in [-0.05, 0) is 28.1 Å². The van der Waals surface area contributed by atoms with E-state index in [1.807, 2.05) is 0 Å². The first-order valence-electron chi connectivity index (χ1n) is 4.42. The Hall–Kier alpha value is -0.660. The molecule has 1 aromatic rings. The van der Waals surface area contributed by atoms with Crippen LogP contribution in [0.25, 0.3) is 0 Å². The standard InChI is InChI=1S/C9H8BrNO3S2/c10-8-3-6(4-15-8)9(12)11-7-1-2-16(13,14)5-7/h1-4,7H,5H2,(H,11,12). The number of nitrogens with one attached hydrogen (secondary N) is 1. The molecule has 1 aliphatic heterocycles. The van der Waals surface area contributed by atoms with Crippen LogP contribution in [0.2, 0.25) is 0 Å². The van der Waals surface area contributed by atoms with Gasteiger partial charge in [-0.1, -0.05) is 0 Å². The Morgan fingerprint density at radius 3 is 2.81 bits per heavy atom. The fraction of sp³-hybridized carbons (Fsp3) is 0.222. The molecule has 0 spiro atoms. The summed E-state index contributed by atoms with van der Waals surface area (Å²) in [5.74, 6) is -0.307. The molecule has 0 aliphatic carbocycles. The quantitative estimate of drug-likeness (QED) is 0.899. The fourth-order valence-electron chi connectivity index (χ4n) is 1.35. The molecule has 2 heterocycles. The average Bonchev–Trinajstić information content (AvgIpc) is 2.73. The fourth-order valence-corrected chi connectivity index (χ4v) is 3.72. The summed E-state index contributed by atoms with van der Waals surface area (Å²) in [6.07, 6.45) is 1.49. The van der Waals surface area contributed by atoms with E-state index in [4.69, 9.17) is 0 Å². The van der Waals surface area contributed by atoms with Crippen molar-refractivity contribution in [1.82, 2.24) is 5.32 Å². The van der Waals surface area contributed by atoms with Crippen molar-refractivity contribution in [2.45, 2.75) is 6.04 Å². The monoisotopic (exact) mass is 321 g/mol. The van der Waals surface area contributed by atoms with Crippen molar-refractivity contribution in [2.75, 3.05) is 5.75 Å². The first-order chi connectivity index (χ1) is 7.46. The molecular weight excluding hydrogens is 314 g/mol. The van der Waals surface area contributed by atoms with E-state index in [-0.39, 0.29) is 11.7 Å². The highest BCUT2D eigenvalue weighted by Crippen LogP contribution is 2.20. The summed E-state index contributed by atoms with van der Waals surface area (Å²) in [6, 6.07) is 1.28. The largest absolute Gasteiger partial charge is 0.345 e. The van der Waals surface area contributed by atoms with Gasteiger partial charge < -0.3 is 5.32 Å². The minimum atomic E-state index is -3.12. The van der Waals surface area contributed by atoms with Crippen LogP contribution in [0.4, 0.5) is 0 Å². The van der Waals surface area contributed by atoms with Gasteiger partial charge in [0.2, 0.25) is 0 Å². The van der Waals surface area contributed by atoms with Gasteiger partial charge in [-0.15, -0.1) is 11.3 Å². The van der Waals surface area contributed by atoms with E-state index in [9.17, 15) is 13.2 Å². The van der Waals surface area contributed by atoms with Crippen molar-refractivity contribution in [3.05, 3.63) is 32.3 Å². The molecule has 0 aromatic carbocycles. The van der Waals surface area contributed by atoms with E-state index in [0.29, 0.717) is 5.56 Å². The second-order valence-corrected chi connectivity index (χ2v) is 7.60. The maximum absolute atomic E-state index is 11.7. The molecule has 2 rings (SSSR count). The molecule has 0 radical (unpaired) electrons. The molecule has 86 valence electrons. The topological polar surface area (TPSA) is 63.2 Å². The summed E-state index contributed by atoms with van der Waals surface area (Å²) >= 11 is 4.67. The van der Waals surface area contributed by atoms with Crippen LogP contribution in [0.15, 0.2) is 26.7 Å². The van der Waals surface area contributed by atoms with Gasteiger partial charge in [0.1, 0.15) is 0 Å². The van der Waals surface area contributed by atoms with Crippen LogP contribution in [-0.2, 0) is 9.84 Å². The molecule has 1 unspecified atom stereocenters. The molecule has 7 heteroatoms. The predicted octanol–water partition coefficient (Wildman–Crippen LogP) is 1.55. The van der Waals surface area contributed by atoms with Crippen LogP contribution in [0.1, 0.15) is 10.4 Å². The minimum absolute atomic E-state index is 0.0515. The molecule has 0 bridgehead atoms. The zero-order chi connectivity index (χ0) is 11.8. The van der Waals surface area contributed by atoms with Crippen molar-refractivity contribution >= 4 is 43.0 Å². The van der Waals surface area contributed by atoms with E-state index in [1.165, 1.54) is 17.4 Å². The second-order valence-electron chi connectivity index (χ2n) is 3.38. The number of carbonyl (C=O) groups is 1. The lowest BCUT2D eigenvalue weighted by Gasteiger charge is -2.08. The van der Waals surface area contributed by atoms with Crippen molar-refractivity contribution in [2.24, 2.45) is 0 Å². The number of sulfone groups is 1. The van der Waals surface area contributed by atoms with Gasteiger partial charge in [0, 0.05) is 10.8 Å². The molecule has 0 saturated carbocycles. The zero-order valence-electron chi connectivity index (χ0n) is 8.01. The van der Waals surface area contributed by atoms with E-state index in [2.05, 4.69) is 21.2 Å². The van der Waals surface area contributed by atoms with Gasteiger partial charge in [0.05, 0.1) is 21.1 Å². The maximum Gasteiger partial charge on any atom is 0.252 e. The Kier molecular flexibility index (Phi) is 3.18. The summed E-state index contributed by atoms with van der Waals surface area (Å²) < 4.78 is 23.1. The van der Waals surface area contributed by atoms with E-state index in [0.717, 1.165) is 9.19 Å². The molecule has 1 aromatic heterocycles. The van der Waals surface area contributed by atoms with Crippen LogP contribution in [0.3, 0.4) is 0 Å². The Balaban J connectivity index is 2.02. The van der Waals surface area contributed by atoms with E-state index < -0.39 is 15.9 Å². The molecule has 1 N–H and O–H groups in total. The number of carbonyl (C=O) groups excluding carboxylic acids is 1. The van der Waals surface area contributed by atoms with E-state index in [1.54, 1.807) is 11.4 Å². The molecule has 1 atom stereocenters. The Bertz CT molecular complexity index is 547. The first kappa shape index (κ1) is 11.8. The lowest BCUT2D eigenvalue weighted by molar-refractivity contribution is 0.0948. The third-order valence-electron chi connectivity index (χ3n) is 2.08. The van der Waals surface area contributed by atoms with E-state index >= 15 is 0 Å². The third kappa shape index (κ3) is 2.72. The van der Waals surface area contributed by atoms with Crippen LogP contribution < -0.4 is 5.32 Å². The number of hydrogen-bond acceptors (Lipinski definition) is 4. The molecular formula is C9H8BrNO3S2. The number of rotatable bonds is 2. The summed E-state index contributed by atoms with van der Waals surface area (Å²) in [6.45, 7) is 0. The van der Waals surface area contributed by atoms with Gasteiger partial charge in [0.25, 0.3) is 5.91 Å². The lowest BCUT2D eigenvalue weighted by atomic mass is 10.3. The van der Waals surface area contributed by atoms with Crippen LogP contribution >= 0.6 is 27.3 Å².